The third kappa shape index (κ3) is 5.32. The third-order valence-electron chi connectivity index (χ3n) is 3.36. The molecule has 0 bridgehead atoms. The van der Waals surface area contributed by atoms with Crippen molar-refractivity contribution in [3.63, 3.8) is 0 Å². The van der Waals surface area contributed by atoms with E-state index >= 15 is 0 Å². The van der Waals surface area contributed by atoms with Gasteiger partial charge in [0.15, 0.2) is 5.76 Å². The zero-order valence-corrected chi connectivity index (χ0v) is 14.2. The predicted molar refractivity (Wildman–Crippen MR) is 91.2 cm³/mol. The topological polar surface area (TPSA) is 51.5 Å². The van der Waals surface area contributed by atoms with Gasteiger partial charge in [-0.05, 0) is 43.2 Å². The molecule has 1 unspecified atom stereocenters. The second-order valence-electron chi connectivity index (χ2n) is 5.32. The van der Waals surface area contributed by atoms with Gasteiger partial charge in [-0.15, -0.1) is 11.6 Å². The third-order valence-corrected chi connectivity index (χ3v) is 3.58. The molecule has 1 heterocycles. The van der Waals surface area contributed by atoms with Gasteiger partial charge in [0.05, 0.1) is 11.9 Å². The van der Waals surface area contributed by atoms with Crippen molar-refractivity contribution in [3.8, 4) is 5.75 Å². The molecule has 0 aliphatic heterocycles. The largest absolute Gasteiger partial charge is 0.492 e. The maximum Gasteiger partial charge on any atom is 0.287 e. The minimum Gasteiger partial charge on any atom is -0.492 e. The molecule has 1 amide bonds. The average Bonchev–Trinajstić information content (AvgIpc) is 3.03. The molecular formula is C18H22ClNO3. The molecule has 0 aliphatic carbocycles. The van der Waals surface area contributed by atoms with Crippen LogP contribution < -0.4 is 10.1 Å². The smallest absolute Gasteiger partial charge is 0.287 e. The lowest BCUT2D eigenvalue weighted by Crippen LogP contribution is -2.27. The number of furan rings is 1. The number of aryl methyl sites for hydroxylation is 1. The van der Waals surface area contributed by atoms with E-state index in [9.17, 15) is 4.79 Å². The predicted octanol–water partition coefficient (Wildman–Crippen LogP) is 4.34. The number of amides is 1. The standard InChI is InChI=1S/C18H22ClNO3/c1-3-4-14-5-7-15(8-6-14)22-12-11-20-18(21)17-10-9-16(23-17)13(2)19/h5-10,13H,3-4,11-12H2,1-2H3,(H,20,21). The van der Waals surface area contributed by atoms with E-state index in [1.165, 1.54) is 5.56 Å². The van der Waals surface area contributed by atoms with Crippen LogP contribution in [0.25, 0.3) is 0 Å². The number of benzene rings is 1. The van der Waals surface area contributed by atoms with Crippen molar-refractivity contribution in [3.05, 3.63) is 53.5 Å². The van der Waals surface area contributed by atoms with Gasteiger partial charge >= 0.3 is 0 Å². The summed E-state index contributed by atoms with van der Waals surface area (Å²) in [6.07, 6.45) is 2.20. The molecule has 1 aromatic heterocycles. The molecule has 1 atom stereocenters. The van der Waals surface area contributed by atoms with Crippen molar-refractivity contribution in [1.82, 2.24) is 5.32 Å². The van der Waals surface area contributed by atoms with Crippen molar-refractivity contribution < 1.29 is 13.9 Å². The first-order valence-corrected chi connectivity index (χ1v) is 8.27. The maximum atomic E-state index is 11.9. The van der Waals surface area contributed by atoms with Crippen LogP contribution in [0.4, 0.5) is 0 Å². The van der Waals surface area contributed by atoms with E-state index < -0.39 is 0 Å². The van der Waals surface area contributed by atoms with Crippen molar-refractivity contribution in [2.24, 2.45) is 0 Å². The van der Waals surface area contributed by atoms with Crippen LogP contribution in [0.5, 0.6) is 5.75 Å². The van der Waals surface area contributed by atoms with Gasteiger partial charge in [-0.25, -0.2) is 0 Å². The summed E-state index contributed by atoms with van der Waals surface area (Å²) < 4.78 is 11.0. The van der Waals surface area contributed by atoms with Crippen molar-refractivity contribution in [2.45, 2.75) is 32.1 Å². The van der Waals surface area contributed by atoms with Crippen LogP contribution in [0.2, 0.25) is 0 Å². The second-order valence-corrected chi connectivity index (χ2v) is 5.97. The summed E-state index contributed by atoms with van der Waals surface area (Å²) in [5.41, 5.74) is 1.30. The Kier molecular flexibility index (Phi) is 6.53. The number of hydrogen-bond donors (Lipinski definition) is 1. The highest BCUT2D eigenvalue weighted by atomic mass is 35.5. The Labute approximate surface area is 141 Å². The summed E-state index contributed by atoms with van der Waals surface area (Å²) in [6.45, 7) is 4.75. The minimum atomic E-state index is -0.268. The number of carbonyl (C=O) groups excluding carboxylic acids is 1. The number of nitrogens with one attached hydrogen (secondary N) is 1. The Morgan fingerprint density at radius 1 is 1.26 bits per heavy atom. The Hall–Kier alpha value is -1.94. The van der Waals surface area contributed by atoms with Crippen LogP contribution >= 0.6 is 11.6 Å². The highest BCUT2D eigenvalue weighted by molar-refractivity contribution is 6.20. The summed E-state index contributed by atoms with van der Waals surface area (Å²) in [5, 5.41) is 2.50. The second kappa shape index (κ2) is 8.63. The minimum absolute atomic E-state index is 0.254. The van der Waals surface area contributed by atoms with E-state index in [0.717, 1.165) is 18.6 Å². The lowest BCUT2D eigenvalue weighted by Gasteiger charge is -2.08. The molecule has 1 N–H and O–H groups in total. The molecule has 0 aliphatic rings. The summed E-state index contributed by atoms with van der Waals surface area (Å²) in [7, 11) is 0. The summed E-state index contributed by atoms with van der Waals surface area (Å²) >= 11 is 5.90. The molecule has 4 nitrogen and oxygen atoms in total. The maximum absolute atomic E-state index is 11.9. The van der Waals surface area contributed by atoms with Crippen molar-refractivity contribution >= 4 is 17.5 Å². The van der Waals surface area contributed by atoms with Crippen LogP contribution in [0.3, 0.4) is 0 Å². The monoisotopic (exact) mass is 335 g/mol. The van der Waals surface area contributed by atoms with Gasteiger partial charge in [0.1, 0.15) is 18.1 Å². The Morgan fingerprint density at radius 3 is 2.61 bits per heavy atom. The molecule has 124 valence electrons. The molecule has 23 heavy (non-hydrogen) atoms. The Bertz CT molecular complexity index is 619. The van der Waals surface area contributed by atoms with Gasteiger partial charge in [-0.1, -0.05) is 25.5 Å². The lowest BCUT2D eigenvalue weighted by molar-refractivity contribution is 0.0917. The summed E-state index contributed by atoms with van der Waals surface area (Å²) in [5.74, 6) is 1.38. The quantitative estimate of drug-likeness (QED) is 0.576. The number of halogens is 1. The molecule has 0 saturated carbocycles. The lowest BCUT2D eigenvalue weighted by atomic mass is 10.1. The Morgan fingerprint density at radius 2 is 2.00 bits per heavy atom. The van der Waals surface area contributed by atoms with Crippen LogP contribution in [0.1, 0.15) is 47.5 Å². The molecule has 0 saturated heterocycles. The van der Waals surface area contributed by atoms with Gasteiger partial charge in [0.2, 0.25) is 0 Å². The first-order chi connectivity index (χ1) is 11.1. The number of rotatable bonds is 8. The SMILES string of the molecule is CCCc1ccc(OCCNC(=O)c2ccc(C(C)Cl)o2)cc1. The number of hydrogen-bond acceptors (Lipinski definition) is 3. The fraction of sp³-hybridized carbons (Fsp3) is 0.389. The highest BCUT2D eigenvalue weighted by Gasteiger charge is 2.13. The molecule has 2 rings (SSSR count). The molecule has 0 radical (unpaired) electrons. The zero-order chi connectivity index (χ0) is 16.7. The Balaban J connectivity index is 1.72. The van der Waals surface area contributed by atoms with Crippen LogP contribution in [-0.2, 0) is 6.42 Å². The summed E-state index contributed by atoms with van der Waals surface area (Å²) in [4.78, 5) is 11.9. The fourth-order valence-corrected chi connectivity index (χ4v) is 2.27. The van der Waals surface area contributed by atoms with E-state index in [-0.39, 0.29) is 17.0 Å². The molecule has 2 aromatic rings. The van der Waals surface area contributed by atoms with Gasteiger partial charge in [0, 0.05) is 0 Å². The van der Waals surface area contributed by atoms with Crippen LogP contribution in [0.15, 0.2) is 40.8 Å². The van der Waals surface area contributed by atoms with Gasteiger partial charge in [0.25, 0.3) is 5.91 Å². The molecule has 5 heteroatoms. The first kappa shape index (κ1) is 17.4. The number of carbonyl (C=O) groups is 1. The van der Waals surface area contributed by atoms with Gasteiger partial charge in [-0.2, -0.15) is 0 Å². The van der Waals surface area contributed by atoms with Crippen LogP contribution in [0, 0.1) is 0 Å². The van der Waals surface area contributed by atoms with Gasteiger partial charge in [-0.3, -0.25) is 4.79 Å². The van der Waals surface area contributed by atoms with E-state index in [0.29, 0.717) is 18.9 Å². The number of alkyl halides is 1. The zero-order valence-electron chi connectivity index (χ0n) is 13.5. The van der Waals surface area contributed by atoms with E-state index in [1.54, 1.807) is 19.1 Å². The first-order valence-electron chi connectivity index (χ1n) is 7.84. The molecule has 1 aromatic carbocycles. The molecule has 0 fully saturated rings. The number of ether oxygens (including phenoxy) is 1. The normalized spacial score (nSPS) is 12.0. The average molecular weight is 336 g/mol. The summed E-state index contributed by atoms with van der Waals surface area (Å²) in [6, 6.07) is 11.4. The highest BCUT2D eigenvalue weighted by Crippen LogP contribution is 2.21. The van der Waals surface area contributed by atoms with Gasteiger partial charge < -0.3 is 14.5 Å². The van der Waals surface area contributed by atoms with Crippen molar-refractivity contribution in [1.29, 1.82) is 0 Å². The molecule has 0 spiro atoms. The van der Waals surface area contributed by atoms with Crippen molar-refractivity contribution in [2.75, 3.05) is 13.2 Å². The van der Waals surface area contributed by atoms with E-state index in [2.05, 4.69) is 24.4 Å². The van der Waals surface area contributed by atoms with E-state index in [1.807, 2.05) is 12.1 Å². The van der Waals surface area contributed by atoms with E-state index in [4.69, 9.17) is 20.8 Å². The molecular weight excluding hydrogens is 314 g/mol. The van der Waals surface area contributed by atoms with Crippen LogP contribution in [-0.4, -0.2) is 19.1 Å². The fourth-order valence-electron chi connectivity index (χ4n) is 2.15.